The summed E-state index contributed by atoms with van der Waals surface area (Å²) in [6.45, 7) is 0. The molecule has 1 nitrogen and oxygen atoms in total. The third kappa shape index (κ3) is 6.50. The van der Waals surface area contributed by atoms with Gasteiger partial charge in [0.25, 0.3) is 0 Å². The first-order valence-corrected chi connectivity index (χ1v) is 18.9. The zero-order valence-corrected chi connectivity index (χ0v) is 31.9. The maximum absolute atomic E-state index is 9.86. The van der Waals surface area contributed by atoms with E-state index >= 15 is 0 Å². The van der Waals surface area contributed by atoms with Crippen molar-refractivity contribution in [2.24, 2.45) is 0 Å². The zero-order valence-electron chi connectivity index (χ0n) is 66.9. The highest BCUT2D eigenvalue weighted by molar-refractivity contribution is 6.15. The predicted octanol–water partition coefficient (Wildman–Crippen LogP) is 17.6. The van der Waals surface area contributed by atoms with Crippen LogP contribution in [0.15, 0.2) is 248 Å². The van der Waals surface area contributed by atoms with E-state index in [4.69, 9.17) is 30.2 Å². The highest BCUT2D eigenvalue weighted by Gasteiger charge is 2.16. The van der Waals surface area contributed by atoms with Crippen LogP contribution in [0.3, 0.4) is 0 Å². The number of hydrogen-bond acceptors (Lipinski definition) is 1. The van der Waals surface area contributed by atoms with Crippen LogP contribution in [0.2, 0.25) is 0 Å². The first kappa shape index (κ1) is 15.6. The van der Waals surface area contributed by atoms with Crippen LogP contribution in [-0.2, 0) is 0 Å². The summed E-state index contributed by atoms with van der Waals surface area (Å²) in [5.41, 5.74) is -6.59. The Labute approximate surface area is 416 Å². The molecule has 12 aromatic carbocycles. The third-order valence-corrected chi connectivity index (χ3v) is 10.2. The van der Waals surface area contributed by atoms with Gasteiger partial charge in [0.15, 0.2) is 0 Å². The van der Waals surface area contributed by atoms with Crippen LogP contribution in [0.1, 0.15) is 48.0 Å². The first-order valence-electron chi connectivity index (χ1n) is 36.4. The van der Waals surface area contributed by atoms with Crippen LogP contribution in [0.5, 0.6) is 0 Å². The Bertz CT molecular complexity index is 5740. The lowest BCUT2D eigenvalue weighted by molar-refractivity contribution is 1.28. The van der Waals surface area contributed by atoms with E-state index in [-0.39, 0.29) is 16.2 Å². The number of hydrogen-bond donors (Lipinski definition) is 0. The second kappa shape index (κ2) is 15.3. The molecule has 0 radical (unpaired) electrons. The molecule has 0 bridgehead atoms. The van der Waals surface area contributed by atoms with Gasteiger partial charge in [-0.05, 0) is 147 Å². The molecule has 0 saturated heterocycles. The van der Waals surface area contributed by atoms with Gasteiger partial charge < -0.3 is 4.90 Å². The maximum atomic E-state index is 9.86. The van der Waals surface area contributed by atoms with E-state index in [1.807, 2.05) is 0 Å². The van der Waals surface area contributed by atoms with Crippen molar-refractivity contribution in [1.29, 1.82) is 0 Å². The summed E-state index contributed by atoms with van der Waals surface area (Å²) in [5, 5.41) is -4.68. The number of rotatable bonds is 7. The quantitative estimate of drug-likeness (QED) is 0.145. The van der Waals surface area contributed by atoms with E-state index in [2.05, 4.69) is 0 Å². The van der Waals surface area contributed by atoms with Crippen LogP contribution < -0.4 is 4.90 Å². The van der Waals surface area contributed by atoms with Crippen molar-refractivity contribution in [3.05, 3.63) is 248 Å². The van der Waals surface area contributed by atoms with Crippen LogP contribution >= 0.6 is 0 Å². The fraction of sp³-hybridized carbons (Fsp3) is 0. The van der Waals surface area contributed by atoms with Crippen molar-refractivity contribution in [2.75, 3.05) is 4.90 Å². The Morgan fingerprint density at radius 1 is 0.238 bits per heavy atom. The van der Waals surface area contributed by atoms with Crippen molar-refractivity contribution >= 4 is 70.9 Å². The lowest BCUT2D eigenvalue weighted by Gasteiger charge is -2.26. The minimum absolute atomic E-state index is 0.279. The largest absolute Gasteiger partial charge is 0.311 e. The Morgan fingerprint density at radius 2 is 0.714 bits per heavy atom. The number of anilines is 3. The van der Waals surface area contributed by atoms with Crippen LogP contribution in [-0.4, -0.2) is 0 Å². The molecule has 63 heavy (non-hydrogen) atoms. The molecule has 0 N–H and O–H groups in total. The molecule has 0 aromatic heterocycles. The molecule has 0 fully saturated rings. The van der Waals surface area contributed by atoms with Crippen LogP contribution in [0.4, 0.5) is 17.1 Å². The summed E-state index contributed by atoms with van der Waals surface area (Å²) in [4.78, 5) is 0.781. The Morgan fingerprint density at radius 3 is 1.48 bits per heavy atom. The minimum atomic E-state index is -1.06. The molecule has 0 aliphatic heterocycles. The van der Waals surface area contributed by atoms with Gasteiger partial charge in [-0.15, -0.1) is 0 Å². The average molecular weight is 835 g/mol. The van der Waals surface area contributed by atoms with Gasteiger partial charge in [0, 0.05) is 17.1 Å². The Kier molecular flexibility index (Phi) is 3.79. The lowest BCUT2D eigenvalue weighted by atomic mass is 9.93. The Balaban J connectivity index is 1.16. The molecular weight excluding hydrogens is 759 g/mol. The number of nitrogens with zero attached hydrogens (tertiary/aromatic N) is 1. The molecule has 0 spiro atoms. The number of fused-ring (bicyclic) bond motifs is 7. The van der Waals surface area contributed by atoms with Gasteiger partial charge in [-0.3, -0.25) is 0 Å². The van der Waals surface area contributed by atoms with E-state index in [1.165, 1.54) is 0 Å². The maximum Gasteiger partial charge on any atom is 0.0645 e. The summed E-state index contributed by atoms with van der Waals surface area (Å²) in [7, 11) is 0. The van der Waals surface area contributed by atoms with Gasteiger partial charge in [-0.2, -0.15) is 0 Å². The highest BCUT2D eigenvalue weighted by atomic mass is 15.1. The summed E-state index contributed by atoms with van der Waals surface area (Å²) in [5.74, 6) is 0. The van der Waals surface area contributed by atoms with Gasteiger partial charge in [-0.1, -0.05) is 199 Å². The van der Waals surface area contributed by atoms with E-state index in [1.54, 1.807) is 0 Å². The molecule has 12 aromatic rings. The molecule has 12 rings (SSSR count). The second-order valence-corrected chi connectivity index (χ2v) is 13.7. The van der Waals surface area contributed by atoms with E-state index in [0.29, 0.717) is 0 Å². The SMILES string of the molecule is [2H]c1cc2c(-c3c([2H])cc(N(c4cc([2H])c(-c5c([2H])cc(-c6c([2H])c([2H])c([2H])c7c([2H])c([2H])c([2H])c([2H])c67)c([2H])c5[2H])c([2H])c4[2H])c4c([2H])cc(-c5c([2H])c6c([2H])c([2H])c([2H])c([2H])c6c6c([2H])c([2H])c([2H])c([2H])c56)c([2H])c4[2H])cc3[2H])c([2H])c3c([2H])c([2H])c([2H])c([2H])c3c2c([2H])c1[2H]. The van der Waals surface area contributed by atoms with Gasteiger partial charge in [0.05, 0.1) is 48.0 Å². The summed E-state index contributed by atoms with van der Waals surface area (Å²) in [6, 6.07) is -23.4. The van der Waals surface area contributed by atoms with Gasteiger partial charge in [-0.25, -0.2) is 0 Å². The molecule has 0 atom stereocenters. The van der Waals surface area contributed by atoms with E-state index < -0.39 is 311 Å². The van der Waals surface area contributed by atoms with Crippen molar-refractivity contribution in [1.82, 2.24) is 0 Å². The molecule has 1 heteroatoms. The monoisotopic (exact) mass is 835 g/mol. The summed E-state index contributed by atoms with van der Waals surface area (Å²) in [6.07, 6.45) is 0. The van der Waals surface area contributed by atoms with Crippen LogP contribution in [0.25, 0.3) is 98.4 Å². The third-order valence-electron chi connectivity index (χ3n) is 10.2. The highest BCUT2D eigenvalue weighted by Crippen LogP contribution is 2.41. The van der Waals surface area contributed by atoms with Crippen molar-refractivity contribution < 1.29 is 48.0 Å². The predicted molar refractivity (Wildman–Crippen MR) is 270 cm³/mol. The number of benzene rings is 12. The zero-order chi connectivity index (χ0) is 72.2. The summed E-state index contributed by atoms with van der Waals surface area (Å²) >= 11 is 0. The molecule has 0 saturated carbocycles. The molecule has 294 valence electrons. The van der Waals surface area contributed by atoms with Crippen molar-refractivity contribution in [3.8, 4) is 44.5 Å². The summed E-state index contributed by atoms with van der Waals surface area (Å²) < 4.78 is 316. The van der Waals surface area contributed by atoms with Crippen molar-refractivity contribution in [3.63, 3.8) is 0 Å². The fourth-order valence-corrected chi connectivity index (χ4v) is 7.25. The van der Waals surface area contributed by atoms with E-state index in [9.17, 15) is 17.8 Å². The van der Waals surface area contributed by atoms with Gasteiger partial charge in [0.2, 0.25) is 0 Å². The molecule has 0 amide bonds. The standard InChI is InChI=1S/C62H41N/c1-4-16-53-44(12-1)15-11-23-54(53)45-26-24-42(25-27-45)43-28-34-50(35-29-43)63(51-36-30-46(31-37-51)61-40-48-13-2-5-17-55(48)57-19-7-9-21-59(57)61)52-38-32-47(33-39-52)62-41-49-14-3-6-18-56(49)58-20-8-10-22-60(58)62/h1-41H/i1D,2D,3D,4D,5D,6D,7D,8D,9D,10D,11D,12D,13D,14D,15D,16D,17D,18D,19D,20D,21D,23D,24D,25D,26D,28D,29D,30D,32D,33D,34D,36D,37D,40D,41D. The van der Waals surface area contributed by atoms with Crippen molar-refractivity contribution in [2.45, 2.75) is 0 Å². The molecular formula is C62H41N. The average Bonchev–Trinajstić information content (AvgIpc) is 0.716. The minimum Gasteiger partial charge on any atom is -0.311 e. The Hall–Kier alpha value is -8.26. The molecule has 0 aliphatic carbocycles. The van der Waals surface area contributed by atoms with Gasteiger partial charge >= 0.3 is 0 Å². The second-order valence-electron chi connectivity index (χ2n) is 13.7. The smallest absolute Gasteiger partial charge is 0.0645 e. The molecule has 0 unspecified atom stereocenters. The molecule has 0 aliphatic rings. The fourth-order valence-electron chi connectivity index (χ4n) is 7.25. The van der Waals surface area contributed by atoms with Crippen LogP contribution in [0, 0.1) is 0 Å². The lowest BCUT2D eigenvalue weighted by Crippen LogP contribution is -2.09. The van der Waals surface area contributed by atoms with Gasteiger partial charge in [0.1, 0.15) is 0 Å². The molecule has 0 heterocycles. The van der Waals surface area contributed by atoms with E-state index in [0.717, 1.165) is 41.3 Å². The normalized spacial score (nSPS) is 19.3. The topological polar surface area (TPSA) is 3.24 Å². The first-order chi connectivity index (χ1) is 45.8.